The number of phenols is 2. The van der Waals surface area contributed by atoms with Crippen molar-refractivity contribution in [3.8, 4) is 34.5 Å². The molecule has 1 saturated heterocycles. The van der Waals surface area contributed by atoms with Crippen molar-refractivity contribution in [2.45, 2.75) is 93.3 Å². The predicted octanol–water partition coefficient (Wildman–Crippen LogP) is 3.75. The lowest BCUT2D eigenvalue weighted by Crippen LogP contribution is -2.79. The van der Waals surface area contributed by atoms with E-state index in [1.807, 2.05) is 19.1 Å². The summed E-state index contributed by atoms with van der Waals surface area (Å²) in [5, 5.41) is 89.4. The van der Waals surface area contributed by atoms with Crippen LogP contribution in [-0.2, 0) is 28.0 Å². The van der Waals surface area contributed by atoms with Crippen LogP contribution in [0.2, 0.25) is 0 Å². The molecule has 2 bridgehead atoms. The number of aryl methyl sites for hydroxylation is 1. The number of amidine groups is 1. The lowest BCUT2D eigenvalue weighted by molar-refractivity contribution is -0.338. The zero-order valence-corrected chi connectivity index (χ0v) is 38.5. The minimum Gasteiger partial charge on any atom is -0.508 e. The van der Waals surface area contributed by atoms with E-state index in [2.05, 4.69) is 20.0 Å². The number of aliphatic imine (C=N–C) groups is 3. The summed E-state index contributed by atoms with van der Waals surface area (Å²) in [6.45, 7) is 2.24. The number of aliphatic carboxylic acids is 1. The number of allylic oxidation sites excluding steroid dienone is 1. The van der Waals surface area contributed by atoms with E-state index < -0.39 is 59.0 Å². The van der Waals surface area contributed by atoms with Crippen molar-refractivity contribution >= 4 is 41.1 Å². The Kier molecular flexibility index (Phi) is 12.1. The van der Waals surface area contributed by atoms with Gasteiger partial charge in [0.2, 0.25) is 12.0 Å². The monoisotopic (exact) mass is 969 g/mol. The average Bonchev–Trinajstić information content (AvgIpc) is 4.14. The highest BCUT2D eigenvalue weighted by atomic mass is 16.7. The highest BCUT2D eigenvalue weighted by Crippen LogP contribution is 2.57. The topological polar surface area (TPSA) is 306 Å². The molecule has 7 atom stereocenters. The molecule has 4 aromatic rings. The molecule has 3 aromatic carbocycles. The summed E-state index contributed by atoms with van der Waals surface area (Å²) >= 11 is 0. The Morgan fingerprint density at radius 1 is 1.00 bits per heavy atom. The zero-order chi connectivity index (χ0) is 49.8. The van der Waals surface area contributed by atoms with Crippen LogP contribution in [-0.4, -0.2) is 113 Å². The van der Waals surface area contributed by atoms with Gasteiger partial charge in [0.25, 0.3) is 0 Å². The van der Waals surface area contributed by atoms with Gasteiger partial charge in [-0.25, -0.2) is 14.8 Å². The van der Waals surface area contributed by atoms with Gasteiger partial charge >= 0.3 is 11.8 Å². The molecule has 11 N–H and O–H groups in total. The SMILES string of the molecule is CCc1cc(O)cc(C2(Oc3c(O[C@@H]4O[C@H](C(=O)O)[C@]5(O)[C@@H](C6=NC=NC6)C(Cc6ccnc(N)c6)=C[C@@]4(O)[C@@H]5O)cc4c(c3O)C(O)=CC(c3ccc(OCCC5=NC(=[NH2+])C=C5)cc3)O4)CCCC2)c1. The first-order valence-electron chi connectivity index (χ1n) is 23.3. The molecular weight excluding hydrogens is 917 g/mol. The van der Waals surface area contributed by atoms with Gasteiger partial charge in [0.05, 0.1) is 24.8 Å². The van der Waals surface area contributed by atoms with Crippen LogP contribution < -0.4 is 30.1 Å². The smallest absolute Gasteiger partial charge is 0.336 e. The van der Waals surface area contributed by atoms with Crippen LogP contribution in [0.25, 0.3) is 5.76 Å². The second kappa shape index (κ2) is 18.3. The number of hydrogen-bond acceptors (Lipinski definition) is 16. The molecule has 1 saturated carbocycles. The highest BCUT2D eigenvalue weighted by molar-refractivity contribution is 6.13. The number of nitrogens with zero attached hydrogens (tertiary/aromatic N) is 4. The first kappa shape index (κ1) is 47.1. The van der Waals surface area contributed by atoms with Gasteiger partial charge in [0, 0.05) is 30.8 Å². The molecule has 10 rings (SSSR count). The fourth-order valence-corrected chi connectivity index (χ4v) is 10.6. The molecule has 0 radical (unpaired) electrons. The fraction of sp³-hybridized carbons (Fsp3) is 0.346. The lowest BCUT2D eigenvalue weighted by atomic mass is 9.60. The molecule has 19 nitrogen and oxygen atoms in total. The quantitative estimate of drug-likeness (QED) is 0.0767. The molecule has 1 unspecified atom stereocenters. The van der Waals surface area contributed by atoms with E-state index in [9.17, 15) is 40.5 Å². The number of carbonyl (C=O) groups is 1. The average molecular weight is 970 g/mol. The summed E-state index contributed by atoms with van der Waals surface area (Å²) < 4.78 is 32.0. The number of carboxylic acids is 1. The number of nitrogen functional groups attached to an aromatic ring is 1. The van der Waals surface area contributed by atoms with Crippen molar-refractivity contribution < 1.29 is 69.6 Å². The Labute approximate surface area is 406 Å². The molecule has 2 aliphatic carbocycles. The van der Waals surface area contributed by atoms with Crippen LogP contribution in [0.5, 0.6) is 34.5 Å². The number of aromatic hydroxyl groups is 2. The maximum Gasteiger partial charge on any atom is 0.336 e. The summed E-state index contributed by atoms with van der Waals surface area (Å²) in [7, 11) is 0. The second-order valence-electron chi connectivity index (χ2n) is 18.6. The molecule has 2 fully saturated rings. The van der Waals surface area contributed by atoms with Gasteiger partial charge in [0.15, 0.2) is 28.9 Å². The number of aliphatic hydroxyl groups is 4. The Morgan fingerprint density at radius 2 is 1.79 bits per heavy atom. The van der Waals surface area contributed by atoms with Crippen molar-refractivity contribution in [2.75, 3.05) is 18.9 Å². The van der Waals surface area contributed by atoms with Crippen LogP contribution in [0.4, 0.5) is 5.82 Å². The largest absolute Gasteiger partial charge is 0.508 e. The molecule has 1 aromatic heterocycles. The van der Waals surface area contributed by atoms with Gasteiger partial charge in [-0.1, -0.05) is 30.7 Å². The van der Waals surface area contributed by atoms with E-state index in [4.69, 9.17) is 34.8 Å². The molecule has 19 heteroatoms. The van der Waals surface area contributed by atoms with E-state index in [1.165, 1.54) is 30.8 Å². The second-order valence-corrected chi connectivity index (χ2v) is 18.6. The number of aromatic nitrogens is 1. The Bertz CT molecular complexity index is 3000. The molecule has 0 amide bonds. The van der Waals surface area contributed by atoms with Gasteiger partial charge in [0.1, 0.15) is 64.1 Å². The number of rotatable bonds is 15. The number of aliphatic hydroxyl groups excluding tert-OH is 2. The third-order valence-corrected chi connectivity index (χ3v) is 14.0. The predicted molar refractivity (Wildman–Crippen MR) is 258 cm³/mol. The van der Waals surface area contributed by atoms with Crippen molar-refractivity contribution in [3.63, 3.8) is 0 Å². The van der Waals surface area contributed by atoms with Crippen LogP contribution in [0.3, 0.4) is 0 Å². The van der Waals surface area contributed by atoms with Gasteiger partial charge in [-0.2, -0.15) is 0 Å². The standard InChI is InChI=1S/C52H52N6O13/c1-2-27-18-31(21-33(59)19-27)50(13-3-4-14-50)71-45-39(23-38-42(44(45)61)36(60)22-37(68-38)29-5-8-34(9-6-29)67-16-12-32-7-10-40(53)58-32)69-49-51(65)24-30(17-28-11-15-56-41(54)20-28)43(35-25-55-26-57-35)52(66,48(51)64)46(70-49)47(62)63/h5-11,15,18-24,26,37,43,46,48-49,53,59-61,64-66H,2-4,12-14,16-17,25H2,1H3,(H2,54,56)(H,62,63)/p+1/t37?,43-,46-,48+,49-,51-,52-/m1/s1. The third-order valence-electron chi connectivity index (χ3n) is 14.0. The molecule has 71 heavy (non-hydrogen) atoms. The van der Waals surface area contributed by atoms with Crippen LogP contribution in [0.1, 0.15) is 72.9 Å². The van der Waals surface area contributed by atoms with Gasteiger partial charge in [-0.15, -0.1) is 0 Å². The minimum atomic E-state index is -2.75. The fourth-order valence-electron chi connectivity index (χ4n) is 10.6. The lowest BCUT2D eigenvalue weighted by Gasteiger charge is -2.57. The van der Waals surface area contributed by atoms with Crippen molar-refractivity contribution in [1.29, 1.82) is 0 Å². The Morgan fingerprint density at radius 3 is 2.48 bits per heavy atom. The summed E-state index contributed by atoms with van der Waals surface area (Å²) in [5.74, 6) is -3.68. The number of hydrogen-bond donors (Lipinski definition) is 9. The van der Waals surface area contributed by atoms with E-state index in [0.29, 0.717) is 73.4 Å². The van der Waals surface area contributed by atoms with Crippen molar-refractivity contribution in [3.05, 3.63) is 125 Å². The molecule has 4 aliphatic heterocycles. The number of anilines is 1. The van der Waals surface area contributed by atoms with E-state index >= 15 is 0 Å². The summed E-state index contributed by atoms with van der Waals surface area (Å²) in [4.78, 5) is 30.1. The van der Waals surface area contributed by atoms with Crippen LogP contribution in [0.15, 0.2) is 112 Å². The summed E-state index contributed by atoms with van der Waals surface area (Å²) in [5.41, 5.74) is 3.07. The number of pyridine rings is 1. The normalized spacial score (nSPS) is 27.0. The van der Waals surface area contributed by atoms with Crippen LogP contribution in [0, 0.1) is 5.92 Å². The molecule has 5 heterocycles. The van der Waals surface area contributed by atoms with Gasteiger partial charge in [-0.05, 0) is 114 Å². The van der Waals surface area contributed by atoms with Crippen molar-refractivity contribution in [2.24, 2.45) is 20.9 Å². The van der Waals surface area contributed by atoms with Gasteiger partial charge < -0.3 is 65.2 Å². The summed E-state index contributed by atoms with van der Waals surface area (Å²) in [6, 6.07) is 16.6. The first-order valence-corrected chi connectivity index (χ1v) is 23.3. The Balaban J connectivity index is 1.06. The maximum atomic E-state index is 13.3. The minimum absolute atomic E-state index is 0.00241. The van der Waals surface area contributed by atoms with Crippen molar-refractivity contribution in [1.82, 2.24) is 4.98 Å². The molecule has 368 valence electrons. The third kappa shape index (κ3) is 8.53. The summed E-state index contributed by atoms with van der Waals surface area (Å²) in [6.07, 6.45) is 4.68. The number of nitrogens with two attached hydrogens (primary N) is 2. The number of phenolic OH excluding ortho intramolecular Hbond substituents is 2. The number of carboxylic acid groups (broad SMARTS) is 1. The van der Waals surface area contributed by atoms with E-state index in [0.717, 1.165) is 11.3 Å². The zero-order valence-electron chi connectivity index (χ0n) is 38.5. The maximum absolute atomic E-state index is 13.3. The number of fused-ring (bicyclic) bond motifs is 3. The number of ether oxygens (including phenoxy) is 5. The van der Waals surface area contributed by atoms with Gasteiger partial charge in [-0.3, -0.25) is 10.4 Å². The van der Waals surface area contributed by atoms with E-state index in [1.54, 1.807) is 54.6 Å². The molecular formula is C52H53N6O13+. The Hall–Kier alpha value is -7.58. The van der Waals surface area contributed by atoms with Crippen LogP contribution >= 0.6 is 0 Å². The van der Waals surface area contributed by atoms with E-state index in [-0.39, 0.29) is 64.4 Å². The molecule has 6 aliphatic rings. The number of benzene rings is 3. The highest BCUT2D eigenvalue weighted by Gasteiger charge is 2.71. The molecule has 0 spiro atoms. The first-order chi connectivity index (χ1) is 34.1.